The van der Waals surface area contributed by atoms with Crippen LogP contribution in [0.25, 0.3) is 0 Å². The third-order valence-electron chi connectivity index (χ3n) is 10.5. The first-order chi connectivity index (χ1) is 29.4. The van der Waals surface area contributed by atoms with E-state index in [1.54, 1.807) is 13.8 Å². The zero-order chi connectivity index (χ0) is 45.5. The molecule has 0 aliphatic carbocycles. The van der Waals surface area contributed by atoms with Gasteiger partial charge in [-0.05, 0) is 47.7 Å². The number of esters is 2. The number of ether oxygens (including phenoxy) is 8. The van der Waals surface area contributed by atoms with Crippen molar-refractivity contribution in [1.29, 1.82) is 0 Å². The minimum atomic E-state index is -2.26. The molecule has 0 aromatic heterocycles. The number of hydrogen-bond donors (Lipinski definition) is 12. The van der Waals surface area contributed by atoms with E-state index >= 15 is 0 Å². The second-order valence-electron chi connectivity index (χ2n) is 15.7. The molecule has 0 spiro atoms. The van der Waals surface area contributed by atoms with Gasteiger partial charge in [0.25, 0.3) is 0 Å². The second kappa shape index (κ2) is 21.8. The lowest BCUT2D eigenvalue weighted by Gasteiger charge is -2.43. The number of carbonyl (C=O) groups is 2. The summed E-state index contributed by atoms with van der Waals surface area (Å²) in [6.45, 7) is 0.526. The topological polar surface area (TPSA) is 351 Å². The van der Waals surface area contributed by atoms with Crippen LogP contribution in [0.15, 0.2) is 48.5 Å². The predicted octanol–water partition coefficient (Wildman–Crippen LogP) is -4.18. The summed E-state index contributed by atoms with van der Waals surface area (Å²) >= 11 is 0. The van der Waals surface area contributed by atoms with Gasteiger partial charge in [-0.1, -0.05) is 38.1 Å². The lowest BCUT2D eigenvalue weighted by Crippen LogP contribution is -2.62. The van der Waals surface area contributed by atoms with Crippen LogP contribution in [0.4, 0.5) is 0 Å². The Morgan fingerprint density at radius 2 is 0.919 bits per heavy atom. The van der Waals surface area contributed by atoms with Crippen molar-refractivity contribution in [2.24, 2.45) is 5.92 Å². The Labute approximate surface area is 354 Å². The fourth-order valence-electron chi connectivity index (χ4n) is 7.07. The summed E-state index contributed by atoms with van der Waals surface area (Å²) in [5, 5.41) is 121. The van der Waals surface area contributed by atoms with E-state index in [1.807, 2.05) is 0 Å². The average molecular weight is 889 g/mol. The van der Waals surface area contributed by atoms with E-state index in [9.17, 15) is 70.9 Å². The van der Waals surface area contributed by atoms with Gasteiger partial charge in [-0.15, -0.1) is 0 Å². The van der Waals surface area contributed by atoms with Crippen molar-refractivity contribution < 1.29 is 109 Å². The lowest BCUT2D eigenvalue weighted by atomic mass is 9.88. The first kappa shape index (κ1) is 49.4. The van der Waals surface area contributed by atoms with Crippen LogP contribution in [0, 0.1) is 5.92 Å². The van der Waals surface area contributed by atoms with E-state index in [2.05, 4.69) is 0 Å². The Kier molecular flexibility index (Phi) is 17.4. The molecule has 3 fully saturated rings. The Hall–Kier alpha value is -3.66. The smallest absolute Gasteiger partial charge is 0.339 e. The molecule has 3 heterocycles. The molecule has 0 saturated carbocycles. The quantitative estimate of drug-likeness (QED) is 0.0632. The highest BCUT2D eigenvalue weighted by Gasteiger charge is 2.52. The van der Waals surface area contributed by atoms with Crippen molar-refractivity contribution in [1.82, 2.24) is 0 Å². The first-order valence-electron chi connectivity index (χ1n) is 19.8. The molecule has 0 radical (unpaired) electrons. The zero-order valence-electron chi connectivity index (χ0n) is 33.8. The molecule has 2 aromatic carbocycles. The monoisotopic (exact) mass is 888 g/mol. The van der Waals surface area contributed by atoms with E-state index in [4.69, 9.17) is 37.9 Å². The van der Waals surface area contributed by atoms with Crippen LogP contribution >= 0.6 is 0 Å². The van der Waals surface area contributed by atoms with E-state index in [-0.39, 0.29) is 24.5 Å². The first-order valence-corrected chi connectivity index (χ1v) is 19.8. The van der Waals surface area contributed by atoms with Gasteiger partial charge in [0, 0.05) is 0 Å². The van der Waals surface area contributed by atoms with Crippen LogP contribution in [0.1, 0.15) is 37.8 Å². The fraction of sp³-hybridized carbons (Fsp3) is 0.650. The van der Waals surface area contributed by atoms with Crippen molar-refractivity contribution in [2.75, 3.05) is 19.8 Å². The number of rotatable bonds is 18. The molecule has 5 rings (SSSR count). The zero-order valence-corrected chi connectivity index (χ0v) is 33.8. The predicted molar refractivity (Wildman–Crippen MR) is 203 cm³/mol. The van der Waals surface area contributed by atoms with E-state index in [1.165, 1.54) is 48.5 Å². The molecule has 3 aliphatic rings. The molecule has 62 heavy (non-hydrogen) atoms. The van der Waals surface area contributed by atoms with Crippen LogP contribution in [-0.2, 0) is 51.2 Å². The Morgan fingerprint density at radius 3 is 1.31 bits per heavy atom. The van der Waals surface area contributed by atoms with Crippen LogP contribution in [0.3, 0.4) is 0 Å². The van der Waals surface area contributed by atoms with Crippen molar-refractivity contribution in [3.05, 3.63) is 59.7 Å². The average Bonchev–Trinajstić information content (AvgIpc) is 3.25. The van der Waals surface area contributed by atoms with Gasteiger partial charge in [0.15, 0.2) is 11.9 Å². The molecule has 0 bridgehead atoms. The number of aliphatic hydroxyl groups excluding tert-OH is 12. The molecule has 3 saturated heterocycles. The van der Waals surface area contributed by atoms with Gasteiger partial charge in [0.2, 0.25) is 12.6 Å². The van der Waals surface area contributed by atoms with E-state index in [0.717, 1.165) is 0 Å². The van der Waals surface area contributed by atoms with Gasteiger partial charge in [-0.3, -0.25) is 4.79 Å². The Bertz CT molecular complexity index is 1710. The summed E-state index contributed by atoms with van der Waals surface area (Å²) < 4.78 is 44.7. The van der Waals surface area contributed by atoms with Gasteiger partial charge in [0.05, 0.1) is 26.2 Å². The van der Waals surface area contributed by atoms with Gasteiger partial charge in [-0.25, -0.2) is 4.79 Å². The highest BCUT2D eigenvalue weighted by molar-refractivity contribution is 5.86. The minimum Gasteiger partial charge on any atom is -0.462 e. The largest absolute Gasteiger partial charge is 0.462 e. The summed E-state index contributed by atoms with van der Waals surface area (Å²) in [5.74, 6) is -2.22. The minimum absolute atomic E-state index is 0.128. The Balaban J connectivity index is 1.28. The van der Waals surface area contributed by atoms with Gasteiger partial charge in [-0.2, -0.15) is 0 Å². The lowest BCUT2D eigenvalue weighted by molar-refractivity contribution is -0.327. The summed E-state index contributed by atoms with van der Waals surface area (Å²) in [5.41, 5.74) is -1.45. The molecule has 15 unspecified atom stereocenters. The normalized spacial score (nSPS) is 34.9. The van der Waals surface area contributed by atoms with Gasteiger partial charge >= 0.3 is 11.9 Å². The second-order valence-corrected chi connectivity index (χ2v) is 15.7. The van der Waals surface area contributed by atoms with Crippen molar-refractivity contribution >= 4 is 11.9 Å². The van der Waals surface area contributed by atoms with E-state index in [0.29, 0.717) is 11.1 Å². The number of aliphatic hydroxyl groups is 12. The number of carbonyl (C=O) groups excluding carboxylic acids is 2. The summed E-state index contributed by atoms with van der Waals surface area (Å²) in [6, 6.07) is 11.6. The molecule has 12 N–H and O–H groups in total. The van der Waals surface area contributed by atoms with Crippen LogP contribution < -0.4 is 9.47 Å². The maximum Gasteiger partial charge on any atom is 0.339 e. The molecule has 348 valence electrons. The Morgan fingerprint density at radius 1 is 0.548 bits per heavy atom. The van der Waals surface area contributed by atoms with Crippen LogP contribution in [0.5, 0.6) is 11.5 Å². The van der Waals surface area contributed by atoms with Crippen molar-refractivity contribution in [3.63, 3.8) is 0 Å². The van der Waals surface area contributed by atoms with E-state index < -0.39 is 148 Å². The highest BCUT2D eigenvalue weighted by atomic mass is 16.7. The molecule has 2 aromatic rings. The fourth-order valence-corrected chi connectivity index (χ4v) is 7.07. The van der Waals surface area contributed by atoms with Gasteiger partial charge in [0.1, 0.15) is 98.0 Å². The third kappa shape index (κ3) is 11.7. The molecule has 0 amide bonds. The van der Waals surface area contributed by atoms with Crippen molar-refractivity contribution in [2.45, 2.75) is 138 Å². The molecule has 22 nitrogen and oxygen atoms in total. The summed E-state index contributed by atoms with van der Waals surface area (Å²) in [4.78, 5) is 27.7. The van der Waals surface area contributed by atoms with Crippen LogP contribution in [0.2, 0.25) is 0 Å². The maximum atomic E-state index is 14.2. The maximum absolute atomic E-state index is 14.2. The van der Waals surface area contributed by atoms with Crippen LogP contribution in [-0.4, -0.2) is 191 Å². The van der Waals surface area contributed by atoms with Crippen molar-refractivity contribution in [3.8, 4) is 11.5 Å². The summed E-state index contributed by atoms with van der Waals surface area (Å²) in [6.07, 6.45) is -25.0. The highest BCUT2D eigenvalue weighted by Crippen LogP contribution is 2.35. The molecule has 22 heteroatoms. The third-order valence-corrected chi connectivity index (χ3v) is 10.5. The van der Waals surface area contributed by atoms with Gasteiger partial charge < -0.3 is 99.2 Å². The number of benzene rings is 2. The summed E-state index contributed by atoms with van der Waals surface area (Å²) in [7, 11) is 0. The molecular formula is C40H56O22. The molecule has 3 aliphatic heterocycles. The SMILES string of the molecule is CC(C)C[C@](CC(=O)OCc1ccc(OC2OC(CO)C(O)C(O)C2O)cc1)(OC1OC(CO)C(O)C(O)C1O)C(=O)OCc1ccc(OC2OC(CO)C(O)C(O)C2O)cc1. The molecular weight excluding hydrogens is 832 g/mol. The number of hydrogen-bond acceptors (Lipinski definition) is 22. The molecule has 16 atom stereocenters. The standard InChI is InChI=1S/C40H56O22/c1-18(2)11-40(62-38-35(53)32(50)29(47)25(15-43)61-38,39(54)56-17-20-5-9-22(10-6-20)58-37-34(52)31(49)28(46)24(14-42)60-37)12-26(44)55-16-19-3-7-21(8-4-19)57-36-33(51)30(48)27(45)23(13-41)59-36/h3-10,18,23-25,27-38,41-43,45-53H,11-17H2,1-2H3/t23?,24?,25?,27?,28?,29?,30?,31?,32?,33?,34?,35?,36?,37?,38?,40-/m1/s1.